The van der Waals surface area contributed by atoms with Gasteiger partial charge in [0.15, 0.2) is 5.52 Å². The molecular weight excluding hydrogens is 479 g/mol. The number of carbonyl (C=O) groups is 1. The van der Waals surface area contributed by atoms with E-state index in [0.29, 0.717) is 14.6 Å². The molecule has 7 N–H and O–H groups in total. The molecule has 0 bridgehead atoms. The van der Waals surface area contributed by atoms with Gasteiger partial charge in [-0.15, -0.1) is 11.3 Å². The summed E-state index contributed by atoms with van der Waals surface area (Å²) in [6, 6.07) is 6.31. The molecular formula is C16H18ClN6NaO7S. The number of aliphatic hydroxyl groups is 3. The number of halogens is 1. The molecule has 1 aliphatic rings. The molecule has 4 atom stereocenters. The average Bonchev–Trinajstić information content (AvgIpc) is 3.33. The van der Waals surface area contributed by atoms with Crippen molar-refractivity contribution < 1.29 is 76.4 Å². The van der Waals surface area contributed by atoms with Gasteiger partial charge in [0.1, 0.15) is 35.1 Å². The second-order valence-corrected chi connectivity index (χ2v) is 7.10. The van der Waals surface area contributed by atoms with E-state index in [1.807, 2.05) is 0 Å². The van der Waals surface area contributed by atoms with Crippen LogP contribution in [0, 0.1) is 10.4 Å². The number of hydrogen-bond acceptors (Lipinski definition) is 11. The summed E-state index contributed by atoms with van der Waals surface area (Å²) in [5.74, 6) is -1.02. The summed E-state index contributed by atoms with van der Waals surface area (Å²) in [6.07, 6.45) is -4.05. The first kappa shape index (κ1) is 28.2. The van der Waals surface area contributed by atoms with E-state index < -0.39 is 36.9 Å². The van der Waals surface area contributed by atoms with Gasteiger partial charge in [-0.1, -0.05) is 12.1 Å². The summed E-state index contributed by atoms with van der Waals surface area (Å²) in [5, 5.41) is 55.7. The Bertz CT molecular complexity index is 1080. The fraction of sp³-hybridized carbons (Fsp3) is 0.312. The van der Waals surface area contributed by atoms with E-state index in [9.17, 15) is 25.4 Å². The number of aliphatic hydroxyl groups excluding tert-OH is 3. The van der Waals surface area contributed by atoms with Crippen LogP contribution in [0.4, 0.5) is 5.95 Å². The normalized spacial score (nSPS) is 21.7. The number of nitrogens with two attached hydrogens (primary N) is 2. The van der Waals surface area contributed by atoms with Gasteiger partial charge in [-0.05, 0) is 6.07 Å². The van der Waals surface area contributed by atoms with Crippen LogP contribution >= 0.6 is 11.3 Å². The number of benzene rings is 1. The third kappa shape index (κ3) is 5.72. The van der Waals surface area contributed by atoms with E-state index in [1.54, 1.807) is 12.1 Å². The largest absolute Gasteiger partial charge is 1.00 e. The van der Waals surface area contributed by atoms with Crippen molar-refractivity contribution in [3.8, 4) is 0 Å². The van der Waals surface area contributed by atoms with Gasteiger partial charge in [-0.2, -0.15) is 0 Å². The van der Waals surface area contributed by atoms with Crippen LogP contribution in [0.5, 0.6) is 0 Å². The van der Waals surface area contributed by atoms with E-state index in [1.165, 1.54) is 17.5 Å². The zero-order chi connectivity index (χ0) is 22.0. The van der Waals surface area contributed by atoms with Gasteiger partial charge < -0.3 is 48.6 Å². The summed E-state index contributed by atoms with van der Waals surface area (Å²) >= 11 is 1.10. The number of anilines is 1. The van der Waals surface area contributed by atoms with Gasteiger partial charge in [0.05, 0.1) is 6.61 Å². The van der Waals surface area contributed by atoms with Crippen molar-refractivity contribution in [3.63, 3.8) is 0 Å². The molecule has 16 heteroatoms. The molecule has 1 amide bonds. The second-order valence-electron chi connectivity index (χ2n) is 6.21. The molecule has 168 valence electrons. The maximum Gasteiger partial charge on any atom is 1.00 e. The van der Waals surface area contributed by atoms with Crippen molar-refractivity contribution >= 4 is 34.2 Å². The smallest absolute Gasteiger partial charge is 1.00 e. The van der Waals surface area contributed by atoms with Crippen LogP contribution in [-0.4, -0.2) is 56.2 Å². The van der Waals surface area contributed by atoms with Crippen LogP contribution in [0.1, 0.15) is 21.6 Å². The molecule has 0 radical (unpaired) electrons. The number of fused-ring (bicyclic) bond motifs is 1. The maximum absolute atomic E-state index is 11.3. The SMILES string of the molecule is NC(=O)c1csc([C@@H]2O[C@H](CO)[C@@H](O)[C@H]2O)n1.Nc1n[n+]([O-])c2ccccc2[n+]1[O-].[Cl-].[Na+]. The molecule has 1 aliphatic heterocycles. The molecule has 0 spiro atoms. The van der Waals surface area contributed by atoms with E-state index in [-0.39, 0.29) is 64.6 Å². The number of para-hydroxylation sites is 2. The minimum absolute atomic E-state index is 0. The molecule has 0 unspecified atom stereocenters. The standard InChI is InChI=1S/C9H12N2O5S.C7H6N4O2.ClH.Na/c10-8(15)3-2-17-9(11-3)7-6(14)5(13)4(1-12)16-7;8-7-9-11(13)6-4-2-1-3-5(6)10(7)12;;/h2,4-7,12-14H,1H2,(H2,10,15);1-4H,(H2,8,9);1H;/q;;;+1/p-1/t4-,5-,6-,7-;;;/m1.../s1. The van der Waals surface area contributed by atoms with E-state index in [0.717, 1.165) is 11.3 Å². The predicted octanol–water partition coefficient (Wildman–Crippen LogP) is -8.51. The third-order valence-electron chi connectivity index (χ3n) is 4.27. The average molecular weight is 497 g/mol. The summed E-state index contributed by atoms with van der Waals surface area (Å²) in [4.78, 5) is 15.1. The molecule has 13 nitrogen and oxygen atoms in total. The second kappa shape index (κ2) is 11.8. The van der Waals surface area contributed by atoms with Crippen LogP contribution < -0.4 is 63.0 Å². The van der Waals surface area contributed by atoms with Crippen LogP contribution in [0.2, 0.25) is 0 Å². The quantitative estimate of drug-likeness (QED) is 0.131. The van der Waals surface area contributed by atoms with E-state index in [4.69, 9.17) is 21.3 Å². The summed E-state index contributed by atoms with van der Waals surface area (Å²) < 4.78 is 5.68. The van der Waals surface area contributed by atoms with Crippen molar-refractivity contribution in [2.45, 2.75) is 24.4 Å². The topological polar surface area (TPSA) is 219 Å². The molecule has 1 aromatic carbocycles. The molecule has 32 heavy (non-hydrogen) atoms. The Morgan fingerprint density at radius 1 is 1.22 bits per heavy atom. The van der Waals surface area contributed by atoms with Gasteiger partial charge in [0.25, 0.3) is 11.4 Å². The molecule has 0 saturated carbocycles. The molecule has 4 rings (SSSR count). The Hall–Kier alpha value is -1.88. The third-order valence-corrected chi connectivity index (χ3v) is 5.17. The Morgan fingerprint density at radius 2 is 1.84 bits per heavy atom. The van der Waals surface area contributed by atoms with Crippen molar-refractivity contribution in [2.75, 3.05) is 12.3 Å². The van der Waals surface area contributed by atoms with E-state index in [2.05, 4.69) is 10.1 Å². The summed E-state index contributed by atoms with van der Waals surface area (Å²) in [5.41, 5.74) is 10.8. The number of aromatic nitrogens is 4. The number of ether oxygens (including phenoxy) is 1. The Labute approximate surface area is 213 Å². The van der Waals surface area contributed by atoms with Gasteiger partial charge in [-0.3, -0.25) is 10.5 Å². The number of hydrogen-bond donors (Lipinski definition) is 5. The number of thiazole rings is 1. The number of rotatable bonds is 3. The molecule has 2 aromatic heterocycles. The van der Waals surface area contributed by atoms with Crippen LogP contribution in [-0.2, 0) is 4.74 Å². The van der Waals surface area contributed by atoms with Crippen molar-refractivity contribution in [1.82, 2.24) is 10.1 Å². The maximum atomic E-state index is 11.3. The first-order valence-corrected chi connectivity index (χ1v) is 9.37. The predicted molar refractivity (Wildman–Crippen MR) is 101 cm³/mol. The Kier molecular flexibility index (Phi) is 10.4. The first-order valence-electron chi connectivity index (χ1n) is 8.50. The summed E-state index contributed by atoms with van der Waals surface area (Å²) in [6.45, 7) is -0.400. The van der Waals surface area contributed by atoms with Gasteiger partial charge in [0.2, 0.25) is 5.10 Å². The van der Waals surface area contributed by atoms with Gasteiger partial charge in [-0.25, -0.2) is 9.71 Å². The summed E-state index contributed by atoms with van der Waals surface area (Å²) in [7, 11) is 0. The fourth-order valence-corrected chi connectivity index (χ4v) is 3.63. The molecule has 0 aliphatic carbocycles. The minimum atomic E-state index is -1.18. The number of carbonyl (C=O) groups excluding carboxylic acids is 1. The van der Waals surface area contributed by atoms with Crippen LogP contribution in [0.15, 0.2) is 29.6 Å². The number of nitrogen functional groups attached to an aromatic ring is 1. The molecule has 1 saturated heterocycles. The van der Waals surface area contributed by atoms with Crippen molar-refractivity contribution in [3.05, 3.63) is 50.8 Å². The molecule has 3 heterocycles. The number of nitrogens with zero attached hydrogens (tertiary/aromatic N) is 4. The van der Waals surface area contributed by atoms with Gasteiger partial charge in [0, 0.05) is 16.3 Å². The Morgan fingerprint density at radius 3 is 2.38 bits per heavy atom. The van der Waals surface area contributed by atoms with Crippen LogP contribution in [0.25, 0.3) is 11.0 Å². The fourth-order valence-electron chi connectivity index (χ4n) is 2.74. The molecule has 3 aromatic rings. The van der Waals surface area contributed by atoms with Gasteiger partial charge >= 0.3 is 35.5 Å². The number of amides is 1. The van der Waals surface area contributed by atoms with E-state index >= 15 is 0 Å². The van der Waals surface area contributed by atoms with Crippen LogP contribution in [0.3, 0.4) is 0 Å². The zero-order valence-electron chi connectivity index (χ0n) is 16.6. The minimum Gasteiger partial charge on any atom is -1.00 e. The van der Waals surface area contributed by atoms with Crippen molar-refractivity contribution in [1.29, 1.82) is 0 Å². The monoisotopic (exact) mass is 496 g/mol. The molecule has 1 fully saturated rings. The zero-order valence-corrected chi connectivity index (χ0v) is 20.2. The first-order chi connectivity index (χ1) is 14.2. The number of primary amides is 1. The Balaban J connectivity index is 0.000000310. The van der Waals surface area contributed by atoms with Crippen molar-refractivity contribution in [2.24, 2.45) is 5.73 Å².